The summed E-state index contributed by atoms with van der Waals surface area (Å²) in [6.07, 6.45) is 0. The summed E-state index contributed by atoms with van der Waals surface area (Å²) in [5, 5.41) is 0.451. The summed E-state index contributed by atoms with van der Waals surface area (Å²) in [6.45, 7) is 5.02. The second kappa shape index (κ2) is 7.13. The van der Waals surface area contributed by atoms with Crippen LogP contribution >= 0.6 is 24.0 Å². The first-order chi connectivity index (χ1) is 10.0. The average molecular weight is 324 g/mol. The third-order valence-corrected chi connectivity index (χ3v) is 5.27. The van der Waals surface area contributed by atoms with Crippen molar-refractivity contribution in [1.29, 1.82) is 0 Å². The van der Waals surface area contributed by atoms with E-state index in [0.29, 0.717) is 16.6 Å². The minimum atomic E-state index is 0.00685. The molecule has 0 aromatic heterocycles. The minimum absolute atomic E-state index is 0.00685. The van der Waals surface area contributed by atoms with Gasteiger partial charge in [-0.3, -0.25) is 4.79 Å². The molecule has 1 heterocycles. The van der Waals surface area contributed by atoms with E-state index in [1.807, 2.05) is 28.8 Å². The molecule has 0 spiro atoms. The van der Waals surface area contributed by atoms with Gasteiger partial charge in [-0.2, -0.15) is 11.8 Å². The van der Waals surface area contributed by atoms with E-state index in [4.69, 9.17) is 22.7 Å². The van der Waals surface area contributed by atoms with Crippen LogP contribution in [0.15, 0.2) is 24.3 Å². The van der Waals surface area contributed by atoms with Gasteiger partial charge in [0.2, 0.25) is 0 Å². The maximum Gasteiger partial charge on any atom is 0.260 e. The first kappa shape index (κ1) is 16.1. The second-order valence-corrected chi connectivity index (χ2v) is 6.98. The fourth-order valence-electron chi connectivity index (χ4n) is 2.30. The molecule has 1 aromatic rings. The number of nitrogens with zero attached hydrogens (tertiary/aromatic N) is 1. The van der Waals surface area contributed by atoms with Crippen molar-refractivity contribution in [3.63, 3.8) is 0 Å². The van der Waals surface area contributed by atoms with Gasteiger partial charge in [-0.15, -0.1) is 0 Å². The third-order valence-electron chi connectivity index (χ3n) is 3.71. The molecule has 1 aliphatic rings. The number of ether oxygens (including phenoxy) is 1. The molecule has 2 rings (SSSR count). The molecule has 21 heavy (non-hydrogen) atoms. The lowest BCUT2D eigenvalue weighted by atomic mass is 10.2. The molecular formula is C15H20N2O2S2. The lowest BCUT2D eigenvalue weighted by Gasteiger charge is -2.37. The van der Waals surface area contributed by atoms with Crippen LogP contribution in [0.3, 0.4) is 0 Å². The van der Waals surface area contributed by atoms with Gasteiger partial charge in [0.25, 0.3) is 5.91 Å². The highest BCUT2D eigenvalue weighted by Crippen LogP contribution is 2.24. The number of hydrogen-bond donors (Lipinski definition) is 1. The maximum absolute atomic E-state index is 12.3. The Morgan fingerprint density at radius 2 is 2.19 bits per heavy atom. The van der Waals surface area contributed by atoms with Crippen LogP contribution in [-0.2, 0) is 4.79 Å². The van der Waals surface area contributed by atoms with Crippen molar-refractivity contribution in [3.05, 3.63) is 29.8 Å². The van der Waals surface area contributed by atoms with Gasteiger partial charge in [0.15, 0.2) is 6.61 Å². The number of rotatable bonds is 4. The average Bonchev–Trinajstić information content (AvgIpc) is 2.47. The highest BCUT2D eigenvalue weighted by atomic mass is 32.2. The van der Waals surface area contributed by atoms with Crippen LogP contribution in [0.2, 0.25) is 0 Å². The molecule has 1 aliphatic heterocycles. The zero-order chi connectivity index (χ0) is 15.4. The number of para-hydroxylation sites is 1. The minimum Gasteiger partial charge on any atom is -0.483 e. The number of carbonyl (C=O) groups is 1. The van der Waals surface area contributed by atoms with Crippen molar-refractivity contribution in [1.82, 2.24) is 4.90 Å². The molecule has 0 saturated carbocycles. The van der Waals surface area contributed by atoms with Gasteiger partial charge < -0.3 is 15.4 Å². The molecule has 4 nitrogen and oxygen atoms in total. The Morgan fingerprint density at radius 3 is 2.90 bits per heavy atom. The molecule has 1 aromatic carbocycles. The summed E-state index contributed by atoms with van der Waals surface area (Å²) in [4.78, 5) is 14.5. The fraction of sp³-hybridized carbons (Fsp3) is 0.467. The van der Waals surface area contributed by atoms with Crippen LogP contribution in [0.5, 0.6) is 5.75 Å². The van der Waals surface area contributed by atoms with Gasteiger partial charge in [-0.05, 0) is 19.1 Å². The van der Waals surface area contributed by atoms with Crippen molar-refractivity contribution >= 4 is 34.9 Å². The number of amides is 1. The van der Waals surface area contributed by atoms with E-state index < -0.39 is 0 Å². The first-order valence-electron chi connectivity index (χ1n) is 6.93. The molecule has 0 radical (unpaired) electrons. The maximum atomic E-state index is 12.3. The van der Waals surface area contributed by atoms with Crippen molar-refractivity contribution in [2.24, 2.45) is 5.73 Å². The van der Waals surface area contributed by atoms with Crippen LogP contribution in [0.4, 0.5) is 0 Å². The van der Waals surface area contributed by atoms with E-state index in [1.54, 1.807) is 12.1 Å². The van der Waals surface area contributed by atoms with E-state index in [0.717, 1.165) is 12.3 Å². The number of benzene rings is 1. The Kier molecular flexibility index (Phi) is 5.47. The normalized spacial score (nSPS) is 21.9. The molecular weight excluding hydrogens is 304 g/mol. The summed E-state index contributed by atoms with van der Waals surface area (Å²) >= 11 is 6.89. The van der Waals surface area contributed by atoms with Gasteiger partial charge in [0, 0.05) is 23.6 Å². The SMILES string of the molecule is CC1SCCN(C(=O)COc2ccccc2C(N)=S)C1C. The summed E-state index contributed by atoms with van der Waals surface area (Å²) in [5.41, 5.74) is 6.32. The number of carbonyl (C=O) groups excluding carboxylic acids is 1. The quantitative estimate of drug-likeness (QED) is 0.859. The van der Waals surface area contributed by atoms with Gasteiger partial charge in [0.1, 0.15) is 10.7 Å². The Bertz CT molecular complexity index is 536. The van der Waals surface area contributed by atoms with Crippen LogP contribution in [0.1, 0.15) is 19.4 Å². The molecule has 2 unspecified atom stereocenters. The standard InChI is InChI=1S/C15H20N2O2S2/c1-10-11(2)21-8-7-17(10)14(18)9-19-13-6-4-3-5-12(13)15(16)20/h3-6,10-11H,7-9H2,1-2H3,(H2,16,20). The largest absolute Gasteiger partial charge is 0.483 e. The van der Waals surface area contributed by atoms with Gasteiger partial charge >= 0.3 is 0 Å². The van der Waals surface area contributed by atoms with Gasteiger partial charge in [-0.25, -0.2) is 0 Å². The highest BCUT2D eigenvalue weighted by Gasteiger charge is 2.29. The molecule has 6 heteroatoms. The summed E-state index contributed by atoms with van der Waals surface area (Å²) in [6, 6.07) is 7.48. The zero-order valence-corrected chi connectivity index (χ0v) is 13.9. The summed E-state index contributed by atoms with van der Waals surface area (Å²) in [7, 11) is 0. The third kappa shape index (κ3) is 3.89. The molecule has 1 amide bonds. The van der Waals surface area contributed by atoms with Crippen molar-refractivity contribution in [2.45, 2.75) is 25.1 Å². The molecule has 1 saturated heterocycles. The summed E-state index contributed by atoms with van der Waals surface area (Å²) < 4.78 is 5.63. The Morgan fingerprint density at radius 1 is 1.48 bits per heavy atom. The fourth-order valence-corrected chi connectivity index (χ4v) is 3.57. The van der Waals surface area contributed by atoms with Gasteiger partial charge in [0.05, 0.1) is 5.56 Å². The number of hydrogen-bond acceptors (Lipinski definition) is 4. The molecule has 1 fully saturated rings. The number of thiocarbonyl (C=S) groups is 1. The molecule has 0 bridgehead atoms. The van der Waals surface area contributed by atoms with Crippen molar-refractivity contribution < 1.29 is 9.53 Å². The smallest absolute Gasteiger partial charge is 0.260 e. The van der Waals surface area contributed by atoms with E-state index in [2.05, 4.69) is 13.8 Å². The Labute approximate surface area is 135 Å². The van der Waals surface area contributed by atoms with Crippen molar-refractivity contribution in [3.8, 4) is 5.75 Å². The van der Waals surface area contributed by atoms with Crippen LogP contribution in [0, 0.1) is 0 Å². The van der Waals surface area contributed by atoms with Crippen LogP contribution < -0.4 is 10.5 Å². The van der Waals surface area contributed by atoms with E-state index in [-0.39, 0.29) is 23.5 Å². The summed E-state index contributed by atoms with van der Waals surface area (Å²) in [5.74, 6) is 1.54. The zero-order valence-electron chi connectivity index (χ0n) is 12.2. The topological polar surface area (TPSA) is 55.6 Å². The molecule has 2 N–H and O–H groups in total. The van der Waals surface area contributed by atoms with E-state index in [1.165, 1.54) is 0 Å². The molecule has 0 aliphatic carbocycles. The van der Waals surface area contributed by atoms with Crippen molar-refractivity contribution in [2.75, 3.05) is 18.9 Å². The number of thioether (sulfide) groups is 1. The second-order valence-electron chi connectivity index (χ2n) is 5.05. The first-order valence-corrected chi connectivity index (χ1v) is 8.39. The van der Waals surface area contributed by atoms with Crippen LogP contribution in [0.25, 0.3) is 0 Å². The predicted octanol–water partition coefficient (Wildman–Crippen LogP) is 2.05. The lowest BCUT2D eigenvalue weighted by Crippen LogP contribution is -2.49. The number of nitrogens with two attached hydrogens (primary N) is 1. The Hall–Kier alpha value is -1.27. The van der Waals surface area contributed by atoms with E-state index in [9.17, 15) is 4.79 Å². The monoisotopic (exact) mass is 324 g/mol. The lowest BCUT2D eigenvalue weighted by molar-refractivity contribution is -0.135. The predicted molar refractivity (Wildman–Crippen MR) is 90.9 cm³/mol. The van der Waals surface area contributed by atoms with Gasteiger partial charge in [-0.1, -0.05) is 31.3 Å². The van der Waals surface area contributed by atoms with Crippen LogP contribution in [-0.4, -0.2) is 46.0 Å². The highest BCUT2D eigenvalue weighted by molar-refractivity contribution is 8.00. The van der Waals surface area contributed by atoms with E-state index >= 15 is 0 Å². The molecule has 2 atom stereocenters. The molecule has 114 valence electrons. The Balaban J connectivity index is 2.00.